The molecule has 2 bridgehead atoms. The van der Waals surface area contributed by atoms with Gasteiger partial charge in [0.15, 0.2) is 11.5 Å². The zero-order chi connectivity index (χ0) is 24.3. The van der Waals surface area contributed by atoms with E-state index >= 15 is 0 Å². The topological polar surface area (TPSA) is 48.4 Å². The molecule has 0 saturated carbocycles. The van der Waals surface area contributed by atoms with Gasteiger partial charge < -0.3 is 19.5 Å². The molecule has 36 heavy (non-hydrogen) atoms. The van der Waals surface area contributed by atoms with E-state index in [1.165, 1.54) is 49.3 Å². The molecule has 1 spiro atoms. The lowest BCUT2D eigenvalue weighted by Gasteiger charge is -2.36. The van der Waals surface area contributed by atoms with Gasteiger partial charge in [0.2, 0.25) is 0 Å². The first kappa shape index (κ1) is 22.6. The lowest BCUT2D eigenvalue weighted by molar-refractivity contribution is 0.0807. The minimum Gasteiger partial charge on any atom is -0.493 e. The molecule has 0 radical (unpaired) electrons. The lowest BCUT2D eigenvalue weighted by Crippen LogP contribution is -2.47. The Morgan fingerprint density at radius 2 is 1.94 bits per heavy atom. The van der Waals surface area contributed by atoms with E-state index in [9.17, 15) is 5.11 Å². The zero-order valence-corrected chi connectivity index (χ0v) is 21.2. The summed E-state index contributed by atoms with van der Waals surface area (Å²) in [4.78, 5) is 7.98. The maximum Gasteiger partial charge on any atom is 0.166 e. The minimum atomic E-state index is -0.433. The number of fused-ring (bicyclic) bond motifs is 2. The predicted molar refractivity (Wildman–Crippen MR) is 141 cm³/mol. The van der Waals surface area contributed by atoms with Crippen molar-refractivity contribution in [1.82, 2.24) is 9.80 Å². The summed E-state index contributed by atoms with van der Waals surface area (Å²) >= 11 is 0. The number of benzene rings is 2. The SMILES string of the molecule is COc1ccc2c3c1OC1C[C@@H](O)C=CC31CCN(CCCN1CC3CC1CN3c1ccccc1)C2. The summed E-state index contributed by atoms with van der Waals surface area (Å²) in [6.45, 7) is 6.66. The fourth-order valence-electron chi connectivity index (χ4n) is 7.64. The molecule has 1 aliphatic carbocycles. The van der Waals surface area contributed by atoms with Crippen molar-refractivity contribution in [1.29, 1.82) is 0 Å². The number of hydrogen-bond acceptors (Lipinski definition) is 6. The lowest BCUT2D eigenvalue weighted by atomic mass is 9.69. The van der Waals surface area contributed by atoms with Crippen molar-refractivity contribution in [2.75, 3.05) is 44.7 Å². The maximum atomic E-state index is 10.3. The van der Waals surface area contributed by atoms with Crippen LogP contribution in [0.15, 0.2) is 54.6 Å². The molecule has 4 unspecified atom stereocenters. The van der Waals surface area contributed by atoms with Gasteiger partial charge in [0.05, 0.1) is 18.6 Å². The van der Waals surface area contributed by atoms with E-state index in [0.29, 0.717) is 18.5 Å². The summed E-state index contributed by atoms with van der Waals surface area (Å²) in [5.41, 5.74) is 3.88. The molecule has 5 atom stereocenters. The Morgan fingerprint density at radius 3 is 2.75 bits per heavy atom. The molecular weight excluding hydrogens is 450 g/mol. The van der Waals surface area contributed by atoms with E-state index in [1.54, 1.807) is 7.11 Å². The van der Waals surface area contributed by atoms with Crippen molar-refractivity contribution in [3.8, 4) is 11.5 Å². The molecule has 2 aromatic rings. The van der Waals surface area contributed by atoms with Crippen molar-refractivity contribution in [2.24, 2.45) is 0 Å². The molecule has 6 heteroatoms. The fourth-order valence-corrected chi connectivity index (χ4v) is 7.64. The van der Waals surface area contributed by atoms with Crippen LogP contribution < -0.4 is 14.4 Å². The summed E-state index contributed by atoms with van der Waals surface area (Å²) in [5, 5.41) is 10.3. The van der Waals surface area contributed by atoms with Crippen molar-refractivity contribution < 1.29 is 14.6 Å². The number of hydrogen-bond donors (Lipinski definition) is 1. The molecular formula is C30H37N3O3. The van der Waals surface area contributed by atoms with Crippen LogP contribution >= 0.6 is 0 Å². The van der Waals surface area contributed by atoms with E-state index in [2.05, 4.69) is 63.2 Å². The van der Waals surface area contributed by atoms with Crippen LogP contribution in [0.5, 0.6) is 11.5 Å². The van der Waals surface area contributed by atoms with Gasteiger partial charge >= 0.3 is 0 Å². The molecule has 4 heterocycles. The van der Waals surface area contributed by atoms with Crippen LogP contribution in [-0.2, 0) is 12.0 Å². The summed E-state index contributed by atoms with van der Waals surface area (Å²) in [6.07, 6.45) is 7.94. The predicted octanol–water partition coefficient (Wildman–Crippen LogP) is 3.57. The highest BCUT2D eigenvalue weighted by atomic mass is 16.5. The third-order valence-corrected chi connectivity index (χ3v) is 9.40. The van der Waals surface area contributed by atoms with Crippen LogP contribution in [0.2, 0.25) is 0 Å². The van der Waals surface area contributed by atoms with Crippen molar-refractivity contribution in [3.63, 3.8) is 0 Å². The second-order valence-electron chi connectivity index (χ2n) is 11.3. The fraction of sp³-hybridized carbons (Fsp3) is 0.533. The number of rotatable bonds is 6. The van der Waals surface area contributed by atoms with Crippen LogP contribution in [0.3, 0.4) is 0 Å². The molecule has 0 amide bonds. The Morgan fingerprint density at radius 1 is 1.06 bits per heavy atom. The first-order valence-electron chi connectivity index (χ1n) is 13.7. The van der Waals surface area contributed by atoms with Gasteiger partial charge in [0.25, 0.3) is 0 Å². The van der Waals surface area contributed by atoms with Gasteiger partial charge in [0, 0.05) is 49.4 Å². The number of aliphatic hydroxyl groups is 1. The quantitative estimate of drug-likeness (QED) is 0.629. The molecule has 2 saturated heterocycles. The molecule has 5 aliphatic rings. The molecule has 7 rings (SSSR count). The summed E-state index contributed by atoms with van der Waals surface area (Å²) in [5.74, 6) is 1.71. The normalized spacial score (nSPS) is 32.8. The van der Waals surface area contributed by atoms with E-state index in [-0.39, 0.29) is 11.5 Å². The molecule has 4 aliphatic heterocycles. The number of nitrogens with zero attached hydrogens (tertiary/aromatic N) is 3. The number of aliphatic hydroxyl groups excluding tert-OH is 1. The van der Waals surface area contributed by atoms with Gasteiger partial charge in [-0.2, -0.15) is 0 Å². The Balaban J connectivity index is 1.02. The van der Waals surface area contributed by atoms with Crippen LogP contribution in [-0.4, -0.2) is 79.0 Å². The number of likely N-dealkylation sites (tertiary alicyclic amines) is 1. The largest absolute Gasteiger partial charge is 0.493 e. The standard InChI is InChI=1S/C30H37N3O3/c1-35-26-9-8-21-18-31(15-12-30-11-10-25(34)17-27(30)36-29(26)28(21)30)13-5-14-32-19-24-16-23(32)20-33(24)22-6-3-2-4-7-22/h2-4,6-11,23-25,27,34H,5,12-20H2,1H3/t23?,24?,25-,27?,30?/m0/s1. The highest BCUT2D eigenvalue weighted by Crippen LogP contribution is 2.55. The molecule has 6 nitrogen and oxygen atoms in total. The van der Waals surface area contributed by atoms with E-state index in [1.807, 2.05) is 6.08 Å². The van der Waals surface area contributed by atoms with Crippen molar-refractivity contribution in [3.05, 3.63) is 65.7 Å². The van der Waals surface area contributed by atoms with Crippen LogP contribution in [0.25, 0.3) is 0 Å². The third-order valence-electron chi connectivity index (χ3n) is 9.40. The molecule has 1 N–H and O–H groups in total. The minimum absolute atomic E-state index is 0.0183. The average Bonchev–Trinajstić information content (AvgIpc) is 3.56. The van der Waals surface area contributed by atoms with Gasteiger partial charge in [-0.3, -0.25) is 9.80 Å². The number of piperazine rings is 1. The molecule has 0 aromatic heterocycles. The first-order valence-corrected chi connectivity index (χ1v) is 13.7. The van der Waals surface area contributed by atoms with Gasteiger partial charge in [-0.1, -0.05) is 36.4 Å². The van der Waals surface area contributed by atoms with Crippen molar-refractivity contribution >= 4 is 5.69 Å². The van der Waals surface area contributed by atoms with E-state index < -0.39 is 6.10 Å². The Hall–Kier alpha value is -2.54. The smallest absolute Gasteiger partial charge is 0.166 e. The monoisotopic (exact) mass is 487 g/mol. The summed E-state index contributed by atoms with van der Waals surface area (Å²) in [7, 11) is 1.72. The summed E-state index contributed by atoms with van der Waals surface area (Å²) < 4.78 is 12.1. The third kappa shape index (κ3) is 3.57. The number of ether oxygens (including phenoxy) is 2. The Kier molecular flexibility index (Phi) is 5.53. The van der Waals surface area contributed by atoms with Gasteiger partial charge in [-0.15, -0.1) is 0 Å². The maximum absolute atomic E-state index is 10.3. The van der Waals surface area contributed by atoms with Crippen LogP contribution in [0.4, 0.5) is 5.69 Å². The van der Waals surface area contributed by atoms with E-state index in [0.717, 1.165) is 37.6 Å². The highest BCUT2D eigenvalue weighted by Gasteiger charge is 2.52. The second-order valence-corrected chi connectivity index (χ2v) is 11.3. The summed E-state index contributed by atoms with van der Waals surface area (Å²) in [6, 6.07) is 16.6. The van der Waals surface area contributed by atoms with Crippen LogP contribution in [0.1, 0.15) is 36.8 Å². The van der Waals surface area contributed by atoms with Gasteiger partial charge in [-0.25, -0.2) is 0 Å². The zero-order valence-electron chi connectivity index (χ0n) is 21.2. The second kappa shape index (κ2) is 8.79. The van der Waals surface area contributed by atoms with Gasteiger partial charge in [-0.05, 0) is 62.7 Å². The molecule has 190 valence electrons. The number of anilines is 1. The average molecular weight is 488 g/mol. The molecule has 2 aromatic carbocycles. The van der Waals surface area contributed by atoms with Crippen molar-refractivity contribution in [2.45, 2.75) is 61.9 Å². The van der Waals surface area contributed by atoms with Gasteiger partial charge in [0.1, 0.15) is 6.10 Å². The Bertz CT molecular complexity index is 1150. The van der Waals surface area contributed by atoms with Crippen LogP contribution in [0, 0.1) is 0 Å². The first-order chi connectivity index (χ1) is 17.6. The molecule has 2 fully saturated rings. The number of methoxy groups -OCH3 is 1. The van der Waals surface area contributed by atoms with E-state index in [4.69, 9.17) is 9.47 Å². The highest BCUT2D eigenvalue weighted by molar-refractivity contribution is 5.61. The number of para-hydroxylation sites is 1. The Labute approximate surface area is 214 Å².